The van der Waals surface area contributed by atoms with Gasteiger partial charge in [0.2, 0.25) is 0 Å². The van der Waals surface area contributed by atoms with Crippen molar-refractivity contribution in [1.82, 2.24) is 0 Å². The van der Waals surface area contributed by atoms with Crippen molar-refractivity contribution in [3.63, 3.8) is 0 Å². The third-order valence-corrected chi connectivity index (χ3v) is 2.86. The molecule has 0 radical (unpaired) electrons. The second-order valence-corrected chi connectivity index (χ2v) is 4.38. The number of hydrogen-bond donors (Lipinski definition) is 0. The quantitative estimate of drug-likeness (QED) is 0.619. The predicted molar refractivity (Wildman–Crippen MR) is 59.5 cm³/mol. The number of carbonyl (C=O) groups excluding carboxylic acids is 1. The second-order valence-electron chi connectivity index (χ2n) is 4.38. The Morgan fingerprint density at radius 2 is 2.14 bits per heavy atom. The first-order chi connectivity index (χ1) is 6.53. The van der Waals surface area contributed by atoms with Gasteiger partial charge in [-0.15, -0.1) is 0 Å². The molecule has 14 heavy (non-hydrogen) atoms. The van der Waals surface area contributed by atoms with E-state index in [1.165, 1.54) is 0 Å². The molecule has 0 N–H and O–H groups in total. The highest BCUT2D eigenvalue weighted by molar-refractivity contribution is 6.01. The minimum atomic E-state index is -0.182. The van der Waals surface area contributed by atoms with Crippen LogP contribution in [0.5, 0.6) is 0 Å². The van der Waals surface area contributed by atoms with E-state index < -0.39 is 0 Å². The van der Waals surface area contributed by atoms with Gasteiger partial charge in [-0.2, -0.15) is 0 Å². The zero-order valence-electron chi connectivity index (χ0n) is 9.55. The summed E-state index contributed by atoms with van der Waals surface area (Å²) in [6, 6.07) is 0. The summed E-state index contributed by atoms with van der Waals surface area (Å²) in [5, 5.41) is 0. The van der Waals surface area contributed by atoms with Crippen molar-refractivity contribution in [2.45, 2.75) is 47.0 Å². The van der Waals surface area contributed by atoms with E-state index in [0.29, 0.717) is 0 Å². The number of aliphatic imine (C=N–C) groups is 1. The number of carbonyl (C=O) groups is 1. The molecule has 0 fully saturated rings. The Morgan fingerprint density at radius 3 is 2.64 bits per heavy atom. The molecule has 0 saturated carbocycles. The summed E-state index contributed by atoms with van der Waals surface area (Å²) in [6.07, 6.45) is 4.43. The summed E-state index contributed by atoms with van der Waals surface area (Å²) in [6.45, 7) is 7.97. The highest BCUT2D eigenvalue weighted by Gasteiger charge is 2.34. The lowest BCUT2D eigenvalue weighted by atomic mass is 9.74. The lowest BCUT2D eigenvalue weighted by Gasteiger charge is -2.29. The van der Waals surface area contributed by atoms with Gasteiger partial charge in [-0.25, -0.2) is 0 Å². The first-order valence-corrected chi connectivity index (χ1v) is 5.28. The SMILES string of the molecule is C/C=N\C1=C(CC)C(=O)C(C)(C)CC1. The summed E-state index contributed by atoms with van der Waals surface area (Å²) in [7, 11) is 0. The molecule has 0 aromatic carbocycles. The van der Waals surface area contributed by atoms with Crippen LogP contribution in [0.1, 0.15) is 47.0 Å². The number of ketones is 1. The molecule has 1 aliphatic rings. The Hall–Kier alpha value is -0.920. The molecule has 78 valence electrons. The summed E-state index contributed by atoms with van der Waals surface area (Å²) >= 11 is 0. The third-order valence-electron chi connectivity index (χ3n) is 2.86. The fourth-order valence-electron chi connectivity index (χ4n) is 1.90. The number of Topliss-reactive ketones (excluding diaryl/α,β-unsaturated/α-hetero) is 1. The first-order valence-electron chi connectivity index (χ1n) is 5.28. The minimum absolute atomic E-state index is 0.182. The van der Waals surface area contributed by atoms with Crippen molar-refractivity contribution in [1.29, 1.82) is 0 Å². The highest BCUT2D eigenvalue weighted by atomic mass is 16.1. The lowest BCUT2D eigenvalue weighted by Crippen LogP contribution is -2.30. The topological polar surface area (TPSA) is 29.4 Å². The summed E-state index contributed by atoms with van der Waals surface area (Å²) in [5.41, 5.74) is 1.75. The van der Waals surface area contributed by atoms with E-state index in [0.717, 1.165) is 30.5 Å². The van der Waals surface area contributed by atoms with Crippen molar-refractivity contribution in [2.24, 2.45) is 10.4 Å². The Labute approximate surface area is 86.1 Å². The first kappa shape index (κ1) is 11.2. The molecule has 0 heterocycles. The molecule has 0 amide bonds. The van der Waals surface area contributed by atoms with Gasteiger partial charge < -0.3 is 0 Å². The van der Waals surface area contributed by atoms with E-state index in [9.17, 15) is 4.79 Å². The summed E-state index contributed by atoms with van der Waals surface area (Å²) < 4.78 is 0. The number of hydrogen-bond acceptors (Lipinski definition) is 2. The highest BCUT2D eigenvalue weighted by Crippen LogP contribution is 2.37. The fourth-order valence-corrected chi connectivity index (χ4v) is 1.90. The summed E-state index contributed by atoms with van der Waals surface area (Å²) in [5.74, 6) is 0.284. The smallest absolute Gasteiger partial charge is 0.166 e. The molecule has 0 aromatic heterocycles. The molecule has 0 aromatic rings. The average molecular weight is 193 g/mol. The van der Waals surface area contributed by atoms with Crippen LogP contribution in [0.4, 0.5) is 0 Å². The van der Waals surface area contributed by atoms with E-state index in [-0.39, 0.29) is 11.2 Å². The van der Waals surface area contributed by atoms with Crippen molar-refractivity contribution in [3.05, 3.63) is 11.3 Å². The van der Waals surface area contributed by atoms with Crippen LogP contribution < -0.4 is 0 Å². The van der Waals surface area contributed by atoms with Crippen LogP contribution in [0.15, 0.2) is 16.3 Å². The molecule has 0 aliphatic heterocycles. The number of nitrogens with zero attached hydrogens (tertiary/aromatic N) is 1. The number of rotatable bonds is 2. The lowest BCUT2D eigenvalue weighted by molar-refractivity contribution is -0.124. The van der Waals surface area contributed by atoms with Crippen molar-refractivity contribution < 1.29 is 4.79 Å². The third kappa shape index (κ3) is 1.94. The molecular formula is C12H19NO. The van der Waals surface area contributed by atoms with Crippen molar-refractivity contribution in [3.8, 4) is 0 Å². The van der Waals surface area contributed by atoms with Gasteiger partial charge in [0.05, 0.1) is 0 Å². The molecule has 2 heteroatoms. The normalized spacial score (nSPS) is 22.1. The van der Waals surface area contributed by atoms with Gasteiger partial charge in [-0.05, 0) is 26.2 Å². The maximum Gasteiger partial charge on any atom is 0.166 e. The van der Waals surface area contributed by atoms with Crippen LogP contribution in [-0.2, 0) is 4.79 Å². The van der Waals surface area contributed by atoms with Crippen LogP contribution in [0.25, 0.3) is 0 Å². The molecule has 2 nitrogen and oxygen atoms in total. The zero-order chi connectivity index (χ0) is 10.8. The van der Waals surface area contributed by atoms with Crippen LogP contribution in [0.2, 0.25) is 0 Å². The molecule has 0 saturated heterocycles. The van der Waals surface area contributed by atoms with Gasteiger partial charge in [0.25, 0.3) is 0 Å². The van der Waals surface area contributed by atoms with Gasteiger partial charge in [0.15, 0.2) is 5.78 Å². The van der Waals surface area contributed by atoms with E-state index in [1.807, 2.05) is 27.7 Å². The van der Waals surface area contributed by atoms with Crippen molar-refractivity contribution in [2.75, 3.05) is 0 Å². The van der Waals surface area contributed by atoms with Gasteiger partial charge in [-0.3, -0.25) is 9.79 Å². The van der Waals surface area contributed by atoms with Gasteiger partial charge in [0.1, 0.15) is 0 Å². The Morgan fingerprint density at radius 1 is 1.50 bits per heavy atom. The van der Waals surface area contributed by atoms with Gasteiger partial charge >= 0.3 is 0 Å². The fraction of sp³-hybridized carbons (Fsp3) is 0.667. The van der Waals surface area contributed by atoms with E-state index in [4.69, 9.17) is 0 Å². The van der Waals surface area contributed by atoms with E-state index in [1.54, 1.807) is 6.21 Å². The van der Waals surface area contributed by atoms with Gasteiger partial charge in [-0.1, -0.05) is 20.8 Å². The molecule has 0 atom stereocenters. The standard InChI is InChI=1S/C12H19NO/c1-5-9-10(13-6-2)7-8-12(3,4)11(9)14/h6H,5,7-8H2,1-4H3/b13-6-. The van der Waals surface area contributed by atoms with E-state index >= 15 is 0 Å². The molecule has 1 rings (SSSR count). The molecule has 0 unspecified atom stereocenters. The van der Waals surface area contributed by atoms with Crippen LogP contribution >= 0.6 is 0 Å². The maximum absolute atomic E-state index is 12.0. The number of allylic oxidation sites excluding steroid dienone is 2. The maximum atomic E-state index is 12.0. The predicted octanol–water partition coefficient (Wildman–Crippen LogP) is 3.13. The average Bonchev–Trinajstić information content (AvgIpc) is 2.13. The summed E-state index contributed by atoms with van der Waals surface area (Å²) in [4.78, 5) is 16.3. The van der Waals surface area contributed by atoms with E-state index in [2.05, 4.69) is 4.99 Å². The van der Waals surface area contributed by atoms with Crippen LogP contribution in [-0.4, -0.2) is 12.0 Å². The van der Waals surface area contributed by atoms with Crippen molar-refractivity contribution >= 4 is 12.0 Å². The monoisotopic (exact) mass is 193 g/mol. The largest absolute Gasteiger partial charge is 0.294 e. The Bertz CT molecular complexity index is 297. The minimum Gasteiger partial charge on any atom is -0.294 e. The Balaban J connectivity index is 3.09. The van der Waals surface area contributed by atoms with Gasteiger partial charge in [0, 0.05) is 22.9 Å². The molecule has 1 aliphatic carbocycles. The Kier molecular flexibility index (Phi) is 3.25. The molecular weight excluding hydrogens is 174 g/mol. The second kappa shape index (κ2) is 4.07. The molecule has 0 spiro atoms. The van der Waals surface area contributed by atoms with Crippen LogP contribution in [0, 0.1) is 5.41 Å². The van der Waals surface area contributed by atoms with Crippen LogP contribution in [0.3, 0.4) is 0 Å². The molecule has 0 bridgehead atoms. The zero-order valence-corrected chi connectivity index (χ0v) is 9.55.